The third-order valence-corrected chi connectivity index (χ3v) is 5.17. The van der Waals surface area contributed by atoms with Crippen LogP contribution < -0.4 is 5.32 Å². The van der Waals surface area contributed by atoms with Gasteiger partial charge < -0.3 is 5.32 Å². The van der Waals surface area contributed by atoms with Gasteiger partial charge in [0.1, 0.15) is 0 Å². The van der Waals surface area contributed by atoms with E-state index in [1.807, 2.05) is 37.3 Å². The van der Waals surface area contributed by atoms with Crippen molar-refractivity contribution in [2.75, 3.05) is 6.54 Å². The summed E-state index contributed by atoms with van der Waals surface area (Å²) in [5, 5.41) is 6.12. The number of thiazole rings is 1. The second-order valence-electron chi connectivity index (χ2n) is 4.89. The number of hydrogen-bond donors (Lipinski definition) is 1. The van der Waals surface area contributed by atoms with Crippen LogP contribution >= 0.6 is 22.7 Å². The number of nitrogens with zero attached hydrogens (tertiary/aromatic N) is 1. The van der Waals surface area contributed by atoms with Gasteiger partial charge in [0, 0.05) is 22.4 Å². The van der Waals surface area contributed by atoms with Crippen molar-refractivity contribution in [1.82, 2.24) is 10.3 Å². The molecule has 0 aliphatic carbocycles. The van der Waals surface area contributed by atoms with Gasteiger partial charge in [-0.1, -0.05) is 18.2 Å². The Hall–Kier alpha value is -1.98. The van der Waals surface area contributed by atoms with E-state index in [2.05, 4.69) is 27.8 Å². The van der Waals surface area contributed by atoms with Crippen molar-refractivity contribution >= 4 is 28.6 Å². The second kappa shape index (κ2) is 6.85. The summed E-state index contributed by atoms with van der Waals surface area (Å²) in [7, 11) is 0. The molecule has 5 heteroatoms. The maximum atomic E-state index is 11.9. The molecule has 2 aromatic heterocycles. The van der Waals surface area contributed by atoms with Gasteiger partial charge in [-0.3, -0.25) is 4.79 Å². The van der Waals surface area contributed by atoms with Crippen molar-refractivity contribution < 1.29 is 4.79 Å². The third kappa shape index (κ3) is 3.61. The molecule has 0 spiro atoms. The molecule has 0 radical (unpaired) electrons. The minimum atomic E-state index is -0.0208. The Labute approximate surface area is 137 Å². The number of benzene rings is 1. The van der Waals surface area contributed by atoms with E-state index in [0.29, 0.717) is 12.1 Å². The quantitative estimate of drug-likeness (QED) is 0.764. The summed E-state index contributed by atoms with van der Waals surface area (Å²) in [6.45, 7) is 2.66. The van der Waals surface area contributed by atoms with Gasteiger partial charge in [0.05, 0.1) is 15.6 Å². The summed E-state index contributed by atoms with van der Waals surface area (Å²) in [5.74, 6) is -0.0208. The Balaban J connectivity index is 1.54. The Kier molecular flexibility index (Phi) is 4.65. The average Bonchev–Trinajstić information content (AvgIpc) is 3.17. The molecule has 0 atom stereocenters. The Bertz CT molecular complexity index is 762. The van der Waals surface area contributed by atoms with Crippen LogP contribution in [0.2, 0.25) is 0 Å². The number of amides is 1. The van der Waals surface area contributed by atoms with Crippen LogP contribution in [0.25, 0.3) is 10.6 Å². The summed E-state index contributed by atoms with van der Waals surface area (Å²) < 4.78 is 0. The highest BCUT2D eigenvalue weighted by Crippen LogP contribution is 2.29. The lowest BCUT2D eigenvalue weighted by Gasteiger charge is -2.03. The first-order chi connectivity index (χ1) is 10.7. The standard InChI is InChI=1S/C17H16N2OS2/c1-12-19-15(11-21-12)16-8-7-14(22-16)9-10-18-17(20)13-5-3-2-4-6-13/h2-8,11H,9-10H2,1H3,(H,18,20). The molecule has 22 heavy (non-hydrogen) atoms. The lowest BCUT2D eigenvalue weighted by Crippen LogP contribution is -2.25. The molecular formula is C17H16N2OS2. The molecule has 0 saturated carbocycles. The smallest absolute Gasteiger partial charge is 0.251 e. The number of carbonyl (C=O) groups excluding carboxylic acids is 1. The number of carbonyl (C=O) groups is 1. The number of hydrogen-bond acceptors (Lipinski definition) is 4. The van der Waals surface area contributed by atoms with Gasteiger partial charge in [-0.2, -0.15) is 0 Å². The first-order valence-electron chi connectivity index (χ1n) is 7.07. The molecule has 3 rings (SSSR count). The van der Waals surface area contributed by atoms with Crippen LogP contribution in [0.3, 0.4) is 0 Å². The topological polar surface area (TPSA) is 42.0 Å². The molecule has 0 aliphatic heterocycles. The van der Waals surface area contributed by atoms with Gasteiger partial charge in [-0.15, -0.1) is 22.7 Å². The van der Waals surface area contributed by atoms with Gasteiger partial charge in [0.15, 0.2) is 0 Å². The Morgan fingerprint density at radius 3 is 2.73 bits per heavy atom. The molecule has 1 aromatic carbocycles. The largest absolute Gasteiger partial charge is 0.352 e. The molecule has 0 fully saturated rings. The molecule has 0 saturated heterocycles. The molecule has 0 aliphatic rings. The number of thiophene rings is 1. The van der Waals surface area contributed by atoms with Crippen LogP contribution in [0.5, 0.6) is 0 Å². The highest BCUT2D eigenvalue weighted by molar-refractivity contribution is 7.16. The van der Waals surface area contributed by atoms with E-state index in [9.17, 15) is 4.79 Å². The Morgan fingerprint density at radius 2 is 2.00 bits per heavy atom. The monoisotopic (exact) mass is 328 g/mol. The van der Waals surface area contributed by atoms with Crippen LogP contribution in [-0.4, -0.2) is 17.4 Å². The van der Waals surface area contributed by atoms with Crippen molar-refractivity contribution in [1.29, 1.82) is 0 Å². The van der Waals surface area contributed by atoms with Crippen molar-refractivity contribution in [2.45, 2.75) is 13.3 Å². The first kappa shape index (κ1) is 14.9. The summed E-state index contributed by atoms with van der Waals surface area (Å²) in [6, 6.07) is 13.5. The van der Waals surface area contributed by atoms with Crippen molar-refractivity contribution in [3.8, 4) is 10.6 Å². The summed E-state index contributed by atoms with van der Waals surface area (Å²) in [6.07, 6.45) is 0.840. The molecule has 112 valence electrons. The van der Waals surface area contributed by atoms with E-state index in [-0.39, 0.29) is 5.91 Å². The van der Waals surface area contributed by atoms with Crippen LogP contribution in [0.1, 0.15) is 20.2 Å². The molecule has 1 N–H and O–H groups in total. The van der Waals surface area contributed by atoms with E-state index < -0.39 is 0 Å². The highest BCUT2D eigenvalue weighted by Gasteiger charge is 2.07. The van der Waals surface area contributed by atoms with Crippen LogP contribution in [0.4, 0.5) is 0 Å². The fourth-order valence-electron chi connectivity index (χ4n) is 2.12. The maximum Gasteiger partial charge on any atom is 0.251 e. The first-order valence-corrected chi connectivity index (χ1v) is 8.76. The van der Waals surface area contributed by atoms with Crippen molar-refractivity contribution in [2.24, 2.45) is 0 Å². The highest BCUT2D eigenvalue weighted by atomic mass is 32.1. The lowest BCUT2D eigenvalue weighted by molar-refractivity contribution is 0.0954. The predicted molar refractivity (Wildman–Crippen MR) is 92.6 cm³/mol. The molecule has 2 heterocycles. The van der Waals surface area contributed by atoms with Gasteiger partial charge >= 0.3 is 0 Å². The number of rotatable bonds is 5. The van der Waals surface area contributed by atoms with E-state index in [4.69, 9.17) is 0 Å². The predicted octanol–water partition coefficient (Wildman–Crippen LogP) is 4.15. The summed E-state index contributed by atoms with van der Waals surface area (Å²) in [5.41, 5.74) is 1.75. The van der Waals surface area contributed by atoms with Crippen LogP contribution in [-0.2, 0) is 6.42 Å². The molecule has 0 bridgehead atoms. The minimum absolute atomic E-state index is 0.0208. The van der Waals surface area contributed by atoms with Crippen molar-refractivity contribution in [3.63, 3.8) is 0 Å². The normalized spacial score (nSPS) is 10.6. The Morgan fingerprint density at radius 1 is 1.18 bits per heavy atom. The fraction of sp³-hybridized carbons (Fsp3) is 0.176. The molecule has 3 nitrogen and oxygen atoms in total. The molecular weight excluding hydrogens is 312 g/mol. The maximum absolute atomic E-state index is 11.9. The summed E-state index contributed by atoms with van der Waals surface area (Å²) in [4.78, 5) is 18.9. The van der Waals surface area contributed by atoms with Crippen LogP contribution in [0, 0.1) is 6.92 Å². The van der Waals surface area contributed by atoms with Crippen molar-refractivity contribution in [3.05, 3.63) is 63.3 Å². The number of aromatic nitrogens is 1. The second-order valence-corrected chi connectivity index (χ2v) is 7.12. The van der Waals surface area contributed by atoms with Gasteiger partial charge in [0.25, 0.3) is 5.91 Å². The SMILES string of the molecule is Cc1nc(-c2ccc(CCNC(=O)c3ccccc3)s2)cs1. The zero-order chi connectivity index (χ0) is 15.4. The zero-order valence-electron chi connectivity index (χ0n) is 12.2. The molecule has 3 aromatic rings. The third-order valence-electron chi connectivity index (χ3n) is 3.23. The summed E-state index contributed by atoms with van der Waals surface area (Å²) >= 11 is 3.41. The lowest BCUT2D eigenvalue weighted by atomic mass is 10.2. The van der Waals surface area contributed by atoms with Gasteiger partial charge in [-0.25, -0.2) is 4.98 Å². The van der Waals surface area contributed by atoms with Gasteiger partial charge in [0.2, 0.25) is 0 Å². The number of nitrogens with one attached hydrogen (secondary N) is 1. The van der Waals surface area contributed by atoms with Gasteiger partial charge in [-0.05, 0) is 37.6 Å². The average molecular weight is 328 g/mol. The van der Waals surface area contributed by atoms with E-state index >= 15 is 0 Å². The molecule has 0 unspecified atom stereocenters. The van der Waals surface area contributed by atoms with E-state index in [1.165, 1.54) is 9.75 Å². The van der Waals surface area contributed by atoms with E-state index in [0.717, 1.165) is 17.1 Å². The zero-order valence-corrected chi connectivity index (χ0v) is 13.8. The molecule has 1 amide bonds. The minimum Gasteiger partial charge on any atom is -0.352 e. The number of aryl methyl sites for hydroxylation is 1. The fourth-order valence-corrected chi connectivity index (χ4v) is 3.77. The van der Waals surface area contributed by atoms with E-state index in [1.54, 1.807) is 22.7 Å². The van der Waals surface area contributed by atoms with Crippen LogP contribution in [0.15, 0.2) is 47.8 Å².